The molecule has 0 aliphatic heterocycles. The zero-order chi connectivity index (χ0) is 14.8. The van der Waals surface area contributed by atoms with Crippen LogP contribution in [0, 0.1) is 6.92 Å². The van der Waals surface area contributed by atoms with Crippen molar-refractivity contribution in [2.45, 2.75) is 57.2 Å². The largest absolute Gasteiger partial charge is 0.313 e. The van der Waals surface area contributed by atoms with E-state index in [-0.39, 0.29) is 4.75 Å². The lowest BCUT2D eigenvalue weighted by Gasteiger charge is -2.36. The molecule has 1 N–H and O–H groups in total. The molecule has 0 spiro atoms. The predicted molar refractivity (Wildman–Crippen MR) is 87.7 cm³/mol. The standard InChI is InChI=1S/C17H27NOS/c1-13-6-5-7-14(10-13)15-11-16(12-15)18-8-9-20(19)17(2,3)4/h5-7,10,15-16,18H,8-9,11-12H2,1-4H3. The van der Waals surface area contributed by atoms with Gasteiger partial charge in [0.25, 0.3) is 0 Å². The molecular weight excluding hydrogens is 266 g/mol. The predicted octanol–water partition coefficient (Wildman–Crippen LogP) is 3.38. The molecule has 0 amide bonds. The minimum Gasteiger partial charge on any atom is -0.313 e. The summed E-state index contributed by atoms with van der Waals surface area (Å²) in [5, 5.41) is 3.54. The number of benzene rings is 1. The Morgan fingerprint density at radius 1 is 1.30 bits per heavy atom. The van der Waals surface area contributed by atoms with Gasteiger partial charge in [0.15, 0.2) is 0 Å². The quantitative estimate of drug-likeness (QED) is 0.902. The summed E-state index contributed by atoms with van der Waals surface area (Å²) in [6.45, 7) is 9.15. The Morgan fingerprint density at radius 3 is 2.60 bits per heavy atom. The first-order valence-electron chi connectivity index (χ1n) is 7.54. The summed E-state index contributed by atoms with van der Waals surface area (Å²) in [7, 11) is -0.742. The van der Waals surface area contributed by atoms with Gasteiger partial charge in [0.2, 0.25) is 0 Å². The van der Waals surface area contributed by atoms with Crippen LogP contribution in [0.1, 0.15) is 50.7 Å². The molecule has 1 aliphatic carbocycles. The van der Waals surface area contributed by atoms with Gasteiger partial charge in [-0.25, -0.2) is 0 Å². The lowest BCUT2D eigenvalue weighted by atomic mass is 9.75. The Kier molecular flexibility index (Phi) is 5.03. The Bertz CT molecular complexity index is 472. The maximum atomic E-state index is 11.9. The molecule has 1 saturated carbocycles. The Morgan fingerprint density at radius 2 is 2.00 bits per heavy atom. The summed E-state index contributed by atoms with van der Waals surface area (Å²) >= 11 is 0. The molecular formula is C17H27NOS. The molecule has 3 heteroatoms. The first-order chi connectivity index (χ1) is 9.36. The van der Waals surface area contributed by atoms with E-state index in [0.717, 1.165) is 12.3 Å². The van der Waals surface area contributed by atoms with Gasteiger partial charge in [0, 0.05) is 33.9 Å². The van der Waals surface area contributed by atoms with Crippen molar-refractivity contribution >= 4 is 10.8 Å². The van der Waals surface area contributed by atoms with Crippen LogP contribution in [0.2, 0.25) is 0 Å². The number of rotatable bonds is 5. The molecule has 1 aromatic carbocycles. The van der Waals surface area contributed by atoms with E-state index >= 15 is 0 Å². The van der Waals surface area contributed by atoms with E-state index in [0.29, 0.717) is 12.0 Å². The van der Waals surface area contributed by atoms with Crippen LogP contribution in [0.5, 0.6) is 0 Å². The molecule has 0 radical (unpaired) electrons. The molecule has 1 atom stereocenters. The molecule has 0 aromatic heterocycles. The van der Waals surface area contributed by atoms with Crippen molar-refractivity contribution in [3.05, 3.63) is 35.4 Å². The van der Waals surface area contributed by atoms with E-state index in [1.165, 1.54) is 24.0 Å². The highest BCUT2D eigenvalue weighted by Crippen LogP contribution is 2.36. The average molecular weight is 293 g/mol. The highest BCUT2D eigenvalue weighted by molar-refractivity contribution is 7.86. The van der Waals surface area contributed by atoms with Crippen molar-refractivity contribution in [2.24, 2.45) is 0 Å². The van der Waals surface area contributed by atoms with Gasteiger partial charge in [-0.3, -0.25) is 4.21 Å². The van der Waals surface area contributed by atoms with Crippen LogP contribution in [0.4, 0.5) is 0 Å². The molecule has 2 rings (SSSR count). The van der Waals surface area contributed by atoms with E-state index < -0.39 is 10.8 Å². The lowest BCUT2D eigenvalue weighted by molar-refractivity contribution is 0.296. The summed E-state index contributed by atoms with van der Waals surface area (Å²) in [5.74, 6) is 1.47. The summed E-state index contributed by atoms with van der Waals surface area (Å²) in [6.07, 6.45) is 2.43. The fourth-order valence-corrected chi connectivity index (χ4v) is 3.56. The van der Waals surface area contributed by atoms with Gasteiger partial charge in [-0.05, 0) is 52.0 Å². The van der Waals surface area contributed by atoms with Crippen LogP contribution in [0.15, 0.2) is 24.3 Å². The van der Waals surface area contributed by atoms with E-state index in [9.17, 15) is 4.21 Å². The minimum absolute atomic E-state index is 0.0919. The summed E-state index contributed by atoms with van der Waals surface area (Å²) < 4.78 is 11.9. The smallest absolute Gasteiger partial charge is 0.0375 e. The molecule has 1 aromatic rings. The maximum Gasteiger partial charge on any atom is 0.0375 e. The molecule has 1 aliphatic rings. The number of hydrogen-bond donors (Lipinski definition) is 1. The van der Waals surface area contributed by atoms with E-state index in [2.05, 4.69) is 36.5 Å². The molecule has 0 bridgehead atoms. The van der Waals surface area contributed by atoms with Gasteiger partial charge in [0.1, 0.15) is 0 Å². The Hall–Kier alpha value is -0.670. The van der Waals surface area contributed by atoms with Crippen molar-refractivity contribution < 1.29 is 4.21 Å². The normalized spacial score (nSPS) is 24.2. The fraction of sp³-hybridized carbons (Fsp3) is 0.647. The van der Waals surface area contributed by atoms with Crippen LogP contribution in [-0.4, -0.2) is 27.3 Å². The zero-order valence-corrected chi connectivity index (χ0v) is 13.9. The molecule has 20 heavy (non-hydrogen) atoms. The summed E-state index contributed by atoms with van der Waals surface area (Å²) in [4.78, 5) is 0. The second-order valence-corrected chi connectivity index (χ2v) is 9.22. The third-order valence-corrected chi connectivity index (χ3v) is 6.00. The monoisotopic (exact) mass is 293 g/mol. The van der Waals surface area contributed by atoms with E-state index in [1.807, 2.05) is 20.8 Å². The second kappa shape index (κ2) is 6.40. The van der Waals surface area contributed by atoms with Gasteiger partial charge < -0.3 is 5.32 Å². The van der Waals surface area contributed by atoms with E-state index in [4.69, 9.17) is 0 Å². The topological polar surface area (TPSA) is 29.1 Å². The molecule has 0 saturated heterocycles. The van der Waals surface area contributed by atoms with Crippen molar-refractivity contribution in [1.82, 2.24) is 5.32 Å². The first kappa shape index (κ1) is 15.7. The van der Waals surface area contributed by atoms with Crippen molar-refractivity contribution in [1.29, 1.82) is 0 Å². The number of aryl methyl sites for hydroxylation is 1. The molecule has 1 unspecified atom stereocenters. The van der Waals surface area contributed by atoms with Crippen LogP contribution in [0.25, 0.3) is 0 Å². The van der Waals surface area contributed by atoms with Crippen molar-refractivity contribution in [2.75, 3.05) is 12.3 Å². The Labute approximate surface area is 125 Å². The minimum atomic E-state index is -0.742. The van der Waals surface area contributed by atoms with Crippen molar-refractivity contribution in [3.63, 3.8) is 0 Å². The number of nitrogens with one attached hydrogen (secondary N) is 1. The summed E-state index contributed by atoms with van der Waals surface area (Å²) in [6, 6.07) is 9.45. The fourth-order valence-electron chi connectivity index (χ4n) is 2.64. The molecule has 2 nitrogen and oxygen atoms in total. The van der Waals surface area contributed by atoms with Crippen LogP contribution in [-0.2, 0) is 10.8 Å². The first-order valence-corrected chi connectivity index (χ1v) is 8.86. The van der Waals surface area contributed by atoms with Crippen LogP contribution >= 0.6 is 0 Å². The van der Waals surface area contributed by atoms with E-state index in [1.54, 1.807) is 0 Å². The lowest BCUT2D eigenvalue weighted by Crippen LogP contribution is -2.42. The third-order valence-electron chi connectivity index (χ3n) is 4.06. The number of hydrogen-bond acceptors (Lipinski definition) is 2. The van der Waals surface area contributed by atoms with Gasteiger partial charge in [-0.2, -0.15) is 0 Å². The molecule has 0 heterocycles. The van der Waals surface area contributed by atoms with Gasteiger partial charge in [-0.15, -0.1) is 0 Å². The van der Waals surface area contributed by atoms with Crippen LogP contribution in [0.3, 0.4) is 0 Å². The highest BCUT2D eigenvalue weighted by Gasteiger charge is 2.30. The van der Waals surface area contributed by atoms with Crippen molar-refractivity contribution in [3.8, 4) is 0 Å². The highest BCUT2D eigenvalue weighted by atomic mass is 32.2. The van der Waals surface area contributed by atoms with Crippen LogP contribution < -0.4 is 5.32 Å². The SMILES string of the molecule is Cc1cccc(C2CC(NCCS(=O)C(C)(C)C)C2)c1. The summed E-state index contributed by atoms with van der Waals surface area (Å²) in [5.41, 5.74) is 2.82. The average Bonchev–Trinajstić information content (AvgIpc) is 2.30. The zero-order valence-electron chi connectivity index (χ0n) is 13.1. The second-order valence-electron chi connectivity index (χ2n) is 6.90. The third kappa shape index (κ3) is 4.16. The van der Waals surface area contributed by atoms with Gasteiger partial charge in [0.05, 0.1) is 0 Å². The maximum absolute atomic E-state index is 11.9. The molecule has 1 fully saturated rings. The molecule has 112 valence electrons. The van der Waals surface area contributed by atoms with Gasteiger partial charge in [-0.1, -0.05) is 29.8 Å². The van der Waals surface area contributed by atoms with Gasteiger partial charge >= 0.3 is 0 Å². The Balaban J connectivity index is 1.69.